The van der Waals surface area contributed by atoms with Gasteiger partial charge in [0.2, 0.25) is 5.91 Å². The van der Waals surface area contributed by atoms with Gasteiger partial charge in [0.25, 0.3) is 0 Å². The van der Waals surface area contributed by atoms with Crippen molar-refractivity contribution in [1.29, 1.82) is 0 Å². The summed E-state index contributed by atoms with van der Waals surface area (Å²) in [6, 6.07) is 9.93. The number of hydrogen-bond acceptors (Lipinski definition) is 2. The molecule has 1 atom stereocenters. The van der Waals surface area contributed by atoms with E-state index in [9.17, 15) is 18.0 Å². The summed E-state index contributed by atoms with van der Waals surface area (Å²) in [6.45, 7) is 1.03. The Morgan fingerprint density at radius 2 is 1.88 bits per heavy atom. The third-order valence-electron chi connectivity index (χ3n) is 4.30. The first-order valence-corrected chi connectivity index (χ1v) is 9.17. The number of thioether (sulfide) groups is 1. The van der Waals surface area contributed by atoms with Crippen molar-refractivity contribution in [3.8, 4) is 0 Å². The summed E-state index contributed by atoms with van der Waals surface area (Å²) in [5, 5.41) is 0.00144. The molecule has 25 heavy (non-hydrogen) atoms. The molecule has 0 radical (unpaired) electrons. The van der Waals surface area contributed by atoms with E-state index in [1.54, 1.807) is 28.8 Å². The fourth-order valence-corrected chi connectivity index (χ4v) is 4.20. The van der Waals surface area contributed by atoms with Crippen molar-refractivity contribution in [2.45, 2.75) is 18.1 Å². The molecular formula is C19H18F3NOS. The number of rotatable bonds is 3. The summed E-state index contributed by atoms with van der Waals surface area (Å²) >= 11 is 1.63. The highest BCUT2D eigenvalue weighted by Crippen LogP contribution is 2.35. The van der Waals surface area contributed by atoms with E-state index in [1.165, 1.54) is 12.1 Å². The lowest BCUT2D eigenvalue weighted by atomic mass is 10.1. The van der Waals surface area contributed by atoms with Gasteiger partial charge in [-0.15, -0.1) is 0 Å². The molecule has 0 spiro atoms. The highest BCUT2D eigenvalue weighted by molar-refractivity contribution is 7.99. The van der Waals surface area contributed by atoms with Crippen LogP contribution in [0.2, 0.25) is 0 Å². The second kappa shape index (κ2) is 7.95. The summed E-state index contributed by atoms with van der Waals surface area (Å²) in [5.41, 5.74) is 0.848. The maximum absolute atomic E-state index is 14.0. The molecule has 0 aliphatic carbocycles. The van der Waals surface area contributed by atoms with Gasteiger partial charge in [-0.25, -0.2) is 13.2 Å². The normalized spacial score (nSPS) is 18.0. The van der Waals surface area contributed by atoms with Crippen molar-refractivity contribution in [3.63, 3.8) is 0 Å². The number of carbonyl (C=O) groups is 1. The third-order valence-corrected chi connectivity index (χ3v) is 5.61. The zero-order chi connectivity index (χ0) is 17.8. The Morgan fingerprint density at radius 3 is 2.64 bits per heavy atom. The van der Waals surface area contributed by atoms with E-state index in [0.717, 1.165) is 12.1 Å². The van der Waals surface area contributed by atoms with Crippen LogP contribution in [0.1, 0.15) is 22.8 Å². The zero-order valence-electron chi connectivity index (χ0n) is 13.6. The van der Waals surface area contributed by atoms with Gasteiger partial charge in [-0.3, -0.25) is 4.79 Å². The lowest BCUT2D eigenvalue weighted by molar-refractivity contribution is -0.130. The lowest BCUT2D eigenvalue weighted by Crippen LogP contribution is -2.34. The molecule has 6 heteroatoms. The second-order valence-corrected chi connectivity index (χ2v) is 7.27. The molecule has 2 aromatic rings. The van der Waals surface area contributed by atoms with Crippen LogP contribution in [0.3, 0.4) is 0 Å². The number of amides is 1. The van der Waals surface area contributed by atoms with Crippen LogP contribution in [-0.2, 0) is 11.2 Å². The van der Waals surface area contributed by atoms with Gasteiger partial charge < -0.3 is 4.90 Å². The van der Waals surface area contributed by atoms with Crippen LogP contribution in [0.15, 0.2) is 42.5 Å². The maximum Gasteiger partial charge on any atom is 0.227 e. The molecule has 0 unspecified atom stereocenters. The molecule has 1 amide bonds. The van der Waals surface area contributed by atoms with Crippen molar-refractivity contribution in [2.75, 3.05) is 18.8 Å². The van der Waals surface area contributed by atoms with Crippen LogP contribution < -0.4 is 0 Å². The van der Waals surface area contributed by atoms with Gasteiger partial charge >= 0.3 is 0 Å². The Balaban J connectivity index is 1.64. The molecule has 0 aromatic heterocycles. The van der Waals surface area contributed by atoms with Crippen molar-refractivity contribution >= 4 is 17.7 Å². The molecule has 2 nitrogen and oxygen atoms in total. The van der Waals surface area contributed by atoms with Crippen LogP contribution in [0.4, 0.5) is 13.2 Å². The molecule has 1 saturated heterocycles. The molecule has 132 valence electrons. The van der Waals surface area contributed by atoms with Crippen LogP contribution >= 0.6 is 11.8 Å². The lowest BCUT2D eigenvalue weighted by Gasteiger charge is -2.20. The minimum Gasteiger partial charge on any atom is -0.342 e. The number of hydrogen-bond donors (Lipinski definition) is 0. The average Bonchev–Trinajstić information content (AvgIpc) is 2.84. The van der Waals surface area contributed by atoms with E-state index in [2.05, 4.69) is 0 Å². The smallest absolute Gasteiger partial charge is 0.227 e. The Morgan fingerprint density at radius 1 is 1.08 bits per heavy atom. The van der Waals surface area contributed by atoms with Crippen LogP contribution in [-0.4, -0.2) is 29.6 Å². The highest BCUT2D eigenvalue weighted by atomic mass is 32.2. The fourth-order valence-electron chi connectivity index (χ4n) is 2.94. The SMILES string of the molecule is O=C(Cc1ccc(F)cc1F)N1CCS[C@@H](c2ccccc2F)CC1. The molecule has 1 aliphatic heterocycles. The number of carbonyl (C=O) groups excluding carboxylic acids is 1. The van der Waals surface area contributed by atoms with Gasteiger partial charge in [0, 0.05) is 35.7 Å². The fraction of sp³-hybridized carbons (Fsp3) is 0.316. The van der Waals surface area contributed by atoms with Gasteiger partial charge in [0.1, 0.15) is 17.5 Å². The zero-order valence-corrected chi connectivity index (χ0v) is 14.4. The summed E-state index contributed by atoms with van der Waals surface area (Å²) in [7, 11) is 0. The largest absolute Gasteiger partial charge is 0.342 e. The highest BCUT2D eigenvalue weighted by Gasteiger charge is 2.24. The Bertz CT molecular complexity index is 768. The molecule has 3 rings (SSSR count). The topological polar surface area (TPSA) is 20.3 Å². The first-order chi connectivity index (χ1) is 12.0. The molecule has 0 bridgehead atoms. The molecule has 1 aliphatic rings. The van der Waals surface area contributed by atoms with E-state index >= 15 is 0 Å². The quantitative estimate of drug-likeness (QED) is 0.806. The van der Waals surface area contributed by atoms with Crippen molar-refractivity contribution in [1.82, 2.24) is 4.90 Å². The monoisotopic (exact) mass is 365 g/mol. The van der Waals surface area contributed by atoms with Crippen molar-refractivity contribution in [2.24, 2.45) is 0 Å². The minimum absolute atomic E-state index is 0.00144. The second-order valence-electron chi connectivity index (χ2n) is 5.96. The van der Waals surface area contributed by atoms with Gasteiger partial charge in [0.05, 0.1) is 6.42 Å². The van der Waals surface area contributed by atoms with Gasteiger partial charge in [0.15, 0.2) is 0 Å². The van der Waals surface area contributed by atoms with E-state index in [-0.39, 0.29) is 29.0 Å². The first kappa shape index (κ1) is 17.9. The van der Waals surface area contributed by atoms with E-state index in [4.69, 9.17) is 0 Å². The average molecular weight is 365 g/mol. The van der Waals surface area contributed by atoms with Crippen molar-refractivity contribution < 1.29 is 18.0 Å². The molecule has 1 fully saturated rings. The van der Waals surface area contributed by atoms with E-state index in [0.29, 0.717) is 30.8 Å². The minimum atomic E-state index is -0.707. The standard InChI is InChI=1S/C19H18F3NOS/c20-14-6-5-13(17(22)12-14)11-19(24)23-8-7-18(25-10-9-23)15-3-1-2-4-16(15)21/h1-6,12,18H,7-11H2/t18-/m1/s1. The molecular weight excluding hydrogens is 347 g/mol. The summed E-state index contributed by atoms with van der Waals surface area (Å²) in [6.07, 6.45) is 0.546. The van der Waals surface area contributed by atoms with Crippen LogP contribution in [0.25, 0.3) is 0 Å². The Kier molecular flexibility index (Phi) is 5.68. The molecule has 1 heterocycles. The van der Waals surface area contributed by atoms with Gasteiger partial charge in [-0.05, 0) is 24.1 Å². The summed E-state index contributed by atoms with van der Waals surface area (Å²) < 4.78 is 40.7. The number of benzene rings is 2. The predicted octanol–water partition coefficient (Wildman–Crippen LogP) is 4.35. The van der Waals surface area contributed by atoms with Crippen molar-refractivity contribution in [3.05, 3.63) is 71.0 Å². The van der Waals surface area contributed by atoms with Crippen LogP contribution in [0, 0.1) is 17.5 Å². The predicted molar refractivity (Wildman–Crippen MR) is 92.9 cm³/mol. The molecule has 0 saturated carbocycles. The van der Waals surface area contributed by atoms with Gasteiger partial charge in [-0.2, -0.15) is 11.8 Å². The van der Waals surface area contributed by atoms with Gasteiger partial charge in [-0.1, -0.05) is 24.3 Å². The Hall–Kier alpha value is -1.95. The third kappa shape index (κ3) is 4.37. The van der Waals surface area contributed by atoms with Crippen LogP contribution in [0.5, 0.6) is 0 Å². The maximum atomic E-state index is 14.0. The van der Waals surface area contributed by atoms with E-state index in [1.807, 2.05) is 6.07 Å². The number of nitrogens with zero attached hydrogens (tertiary/aromatic N) is 1. The van der Waals surface area contributed by atoms with E-state index < -0.39 is 11.6 Å². The first-order valence-electron chi connectivity index (χ1n) is 8.12. The summed E-state index contributed by atoms with van der Waals surface area (Å²) in [4.78, 5) is 14.1. The number of halogens is 3. The molecule has 0 N–H and O–H groups in total. The Labute approximate surface area is 149 Å². The molecule has 2 aromatic carbocycles. The summed E-state index contributed by atoms with van der Waals surface area (Å²) in [5.74, 6) is -1.10.